The number of benzene rings is 2. The molecule has 2 aliphatic rings. The first kappa shape index (κ1) is 22.6. The molecule has 2 heterocycles. The van der Waals surface area contributed by atoms with Gasteiger partial charge in [-0.3, -0.25) is 4.79 Å². The first-order valence-corrected chi connectivity index (χ1v) is 11.2. The van der Waals surface area contributed by atoms with Gasteiger partial charge in [-0.25, -0.2) is 0 Å². The molecule has 1 amide bonds. The van der Waals surface area contributed by atoms with Crippen molar-refractivity contribution in [3.63, 3.8) is 0 Å². The minimum atomic E-state index is -0.218. The molecule has 7 heteroatoms. The SMILES string of the molecule is COc1ccc(C(=O)N2CCO[C@@H](CN3CCC(O)CC3)[C@@H]2c2ccccc2)c(OC)c1. The van der Waals surface area contributed by atoms with Gasteiger partial charge in [0, 0.05) is 32.2 Å². The second kappa shape index (κ2) is 10.3. The topological polar surface area (TPSA) is 71.5 Å². The van der Waals surface area contributed by atoms with E-state index in [0.717, 1.165) is 38.0 Å². The Bertz CT molecular complexity index is 898. The summed E-state index contributed by atoms with van der Waals surface area (Å²) in [7, 11) is 3.15. The summed E-state index contributed by atoms with van der Waals surface area (Å²) in [6.45, 7) is 3.37. The second-order valence-corrected chi connectivity index (χ2v) is 8.36. The molecule has 2 aliphatic heterocycles. The van der Waals surface area contributed by atoms with Gasteiger partial charge in [-0.05, 0) is 30.5 Å². The van der Waals surface area contributed by atoms with Crippen molar-refractivity contribution in [2.75, 3.05) is 47.0 Å². The predicted octanol–water partition coefficient (Wildman–Crippen LogP) is 2.74. The number of methoxy groups -OCH3 is 2. The van der Waals surface area contributed by atoms with Crippen LogP contribution in [0.5, 0.6) is 11.5 Å². The summed E-state index contributed by atoms with van der Waals surface area (Å²) in [5.41, 5.74) is 1.56. The van der Waals surface area contributed by atoms with E-state index in [4.69, 9.17) is 14.2 Å². The number of morpholine rings is 1. The molecule has 4 rings (SSSR count). The number of aliphatic hydroxyl groups excluding tert-OH is 1. The van der Waals surface area contributed by atoms with Crippen LogP contribution in [-0.4, -0.2) is 80.0 Å². The Morgan fingerprint density at radius 2 is 1.81 bits per heavy atom. The third-order valence-corrected chi connectivity index (χ3v) is 6.39. The van der Waals surface area contributed by atoms with Gasteiger partial charge in [-0.1, -0.05) is 30.3 Å². The predicted molar refractivity (Wildman–Crippen MR) is 121 cm³/mol. The molecule has 0 spiro atoms. The number of hydrogen-bond acceptors (Lipinski definition) is 6. The summed E-state index contributed by atoms with van der Waals surface area (Å²) >= 11 is 0. The van der Waals surface area contributed by atoms with Crippen LogP contribution in [0.25, 0.3) is 0 Å². The summed E-state index contributed by atoms with van der Waals surface area (Å²) in [5, 5.41) is 9.86. The molecule has 0 radical (unpaired) electrons. The number of amides is 1. The van der Waals surface area contributed by atoms with Crippen molar-refractivity contribution < 1.29 is 24.1 Å². The van der Waals surface area contributed by atoms with Gasteiger partial charge >= 0.3 is 0 Å². The molecular weight excluding hydrogens is 408 g/mol. The lowest BCUT2D eigenvalue weighted by molar-refractivity contribution is -0.0771. The number of nitrogens with zero attached hydrogens (tertiary/aromatic N) is 2. The van der Waals surface area contributed by atoms with Crippen LogP contribution in [0.2, 0.25) is 0 Å². The van der Waals surface area contributed by atoms with Crippen LogP contribution in [0, 0.1) is 0 Å². The van der Waals surface area contributed by atoms with E-state index in [2.05, 4.69) is 17.0 Å². The highest BCUT2D eigenvalue weighted by molar-refractivity contribution is 5.97. The maximum absolute atomic E-state index is 13.7. The van der Waals surface area contributed by atoms with Crippen LogP contribution in [0.4, 0.5) is 0 Å². The summed E-state index contributed by atoms with van der Waals surface area (Å²) in [5.74, 6) is 1.06. The van der Waals surface area contributed by atoms with Crippen LogP contribution in [0.1, 0.15) is 34.8 Å². The highest BCUT2D eigenvalue weighted by atomic mass is 16.5. The van der Waals surface area contributed by atoms with Crippen molar-refractivity contribution >= 4 is 5.91 Å². The minimum Gasteiger partial charge on any atom is -0.497 e. The number of piperidine rings is 1. The van der Waals surface area contributed by atoms with Gasteiger partial charge in [0.2, 0.25) is 0 Å². The van der Waals surface area contributed by atoms with Crippen molar-refractivity contribution in [1.29, 1.82) is 0 Å². The average Bonchev–Trinajstić information content (AvgIpc) is 2.85. The van der Waals surface area contributed by atoms with Crippen molar-refractivity contribution in [2.45, 2.75) is 31.1 Å². The van der Waals surface area contributed by atoms with Crippen LogP contribution in [0.3, 0.4) is 0 Å². The number of aliphatic hydroxyl groups is 1. The molecule has 0 unspecified atom stereocenters. The van der Waals surface area contributed by atoms with Crippen molar-refractivity contribution in [1.82, 2.24) is 9.80 Å². The molecule has 7 nitrogen and oxygen atoms in total. The van der Waals surface area contributed by atoms with E-state index < -0.39 is 0 Å². The maximum Gasteiger partial charge on any atom is 0.258 e. The monoisotopic (exact) mass is 440 g/mol. The third-order valence-electron chi connectivity index (χ3n) is 6.39. The van der Waals surface area contributed by atoms with Crippen LogP contribution >= 0.6 is 0 Å². The number of likely N-dealkylation sites (tertiary alicyclic amines) is 1. The molecule has 0 aliphatic carbocycles. The first-order valence-electron chi connectivity index (χ1n) is 11.2. The maximum atomic E-state index is 13.7. The van der Waals surface area contributed by atoms with Crippen molar-refractivity contribution in [3.8, 4) is 11.5 Å². The first-order chi connectivity index (χ1) is 15.6. The van der Waals surface area contributed by atoms with Gasteiger partial charge in [-0.2, -0.15) is 0 Å². The summed E-state index contributed by atoms with van der Waals surface area (Å²) in [4.78, 5) is 18.0. The van der Waals surface area contributed by atoms with Crippen molar-refractivity contribution in [3.05, 3.63) is 59.7 Å². The lowest BCUT2D eigenvalue weighted by atomic mass is 9.95. The van der Waals surface area contributed by atoms with E-state index in [0.29, 0.717) is 30.2 Å². The van der Waals surface area contributed by atoms with Gasteiger partial charge in [0.25, 0.3) is 5.91 Å². The van der Waals surface area contributed by atoms with Gasteiger partial charge in [0.1, 0.15) is 11.5 Å². The fourth-order valence-corrected chi connectivity index (χ4v) is 4.64. The number of ether oxygens (including phenoxy) is 3. The minimum absolute atomic E-state index is 0.0827. The zero-order valence-corrected chi connectivity index (χ0v) is 18.8. The largest absolute Gasteiger partial charge is 0.497 e. The van der Waals surface area contributed by atoms with Crippen molar-refractivity contribution in [2.24, 2.45) is 0 Å². The highest BCUT2D eigenvalue weighted by Gasteiger charge is 2.38. The zero-order valence-electron chi connectivity index (χ0n) is 18.8. The lowest BCUT2D eigenvalue weighted by Gasteiger charge is -2.44. The Kier molecular flexibility index (Phi) is 7.29. The molecule has 2 aromatic carbocycles. The van der Waals surface area contributed by atoms with Crippen LogP contribution < -0.4 is 9.47 Å². The van der Waals surface area contributed by atoms with Crippen LogP contribution in [-0.2, 0) is 4.74 Å². The number of carbonyl (C=O) groups excluding carboxylic acids is 1. The summed E-state index contributed by atoms with van der Waals surface area (Å²) in [6, 6.07) is 15.1. The molecular formula is C25H32N2O5. The fraction of sp³-hybridized carbons (Fsp3) is 0.480. The molecule has 32 heavy (non-hydrogen) atoms. The Labute approximate surface area is 189 Å². The molecule has 0 saturated carbocycles. The normalized spacial score (nSPS) is 22.5. The molecule has 1 N–H and O–H groups in total. The van der Waals surface area contributed by atoms with Gasteiger partial charge in [0.05, 0.1) is 44.6 Å². The Balaban J connectivity index is 1.63. The smallest absolute Gasteiger partial charge is 0.258 e. The molecule has 0 bridgehead atoms. The quantitative estimate of drug-likeness (QED) is 0.745. The summed E-state index contributed by atoms with van der Waals surface area (Å²) < 4.78 is 17.0. The molecule has 2 saturated heterocycles. The van der Waals surface area contributed by atoms with Gasteiger partial charge in [0.15, 0.2) is 0 Å². The number of rotatable bonds is 6. The van der Waals surface area contributed by atoms with E-state index in [-0.39, 0.29) is 24.2 Å². The van der Waals surface area contributed by atoms with E-state index >= 15 is 0 Å². The van der Waals surface area contributed by atoms with Gasteiger partial charge in [-0.15, -0.1) is 0 Å². The number of carbonyl (C=O) groups is 1. The van der Waals surface area contributed by atoms with E-state index in [9.17, 15) is 9.90 Å². The molecule has 2 aromatic rings. The Hall–Kier alpha value is -2.61. The van der Waals surface area contributed by atoms with E-state index in [1.165, 1.54) is 0 Å². The molecule has 0 aromatic heterocycles. The standard InChI is InChI=1S/C25H32N2O5/c1-30-20-8-9-21(22(16-20)31-2)25(29)27-14-15-32-23(17-26-12-10-19(28)11-13-26)24(27)18-6-4-3-5-7-18/h3-9,16,19,23-24,28H,10-15,17H2,1-2H3/t23-,24-/m0/s1. The fourth-order valence-electron chi connectivity index (χ4n) is 4.64. The molecule has 172 valence electrons. The second-order valence-electron chi connectivity index (χ2n) is 8.36. The number of hydrogen-bond donors (Lipinski definition) is 1. The molecule has 2 atom stereocenters. The third kappa shape index (κ3) is 4.90. The average molecular weight is 441 g/mol. The zero-order chi connectivity index (χ0) is 22.5. The van der Waals surface area contributed by atoms with Crippen LogP contribution in [0.15, 0.2) is 48.5 Å². The lowest BCUT2D eigenvalue weighted by Crippen LogP contribution is -2.52. The van der Waals surface area contributed by atoms with E-state index in [1.807, 2.05) is 23.1 Å². The van der Waals surface area contributed by atoms with Gasteiger partial charge < -0.3 is 29.1 Å². The Morgan fingerprint density at radius 1 is 1.06 bits per heavy atom. The van der Waals surface area contributed by atoms with E-state index in [1.54, 1.807) is 32.4 Å². The summed E-state index contributed by atoms with van der Waals surface area (Å²) in [6.07, 6.45) is 1.17. The molecule has 2 fully saturated rings. The Morgan fingerprint density at radius 3 is 2.50 bits per heavy atom. The highest BCUT2D eigenvalue weighted by Crippen LogP contribution is 2.34.